The molecule has 1 heterocycles. The molecule has 1 aromatic carbocycles. The Morgan fingerprint density at radius 3 is 2.65 bits per heavy atom. The number of hydrogen-bond donors (Lipinski definition) is 0. The summed E-state index contributed by atoms with van der Waals surface area (Å²) in [6.45, 7) is 4.25. The van der Waals surface area contributed by atoms with E-state index >= 15 is 0 Å². The highest BCUT2D eigenvalue weighted by Crippen LogP contribution is 2.29. The first kappa shape index (κ1) is 17.5. The van der Waals surface area contributed by atoms with Crippen LogP contribution in [0.2, 0.25) is 0 Å². The van der Waals surface area contributed by atoms with Gasteiger partial charge in [0, 0.05) is 18.7 Å². The van der Waals surface area contributed by atoms with Gasteiger partial charge in [0.25, 0.3) is 5.91 Å². The average Bonchev–Trinajstić information content (AvgIpc) is 3.02. The van der Waals surface area contributed by atoms with Gasteiger partial charge in [-0.25, -0.2) is 5.06 Å². The Bertz CT molecular complexity index is 645. The molecule has 23 heavy (non-hydrogen) atoms. The van der Waals surface area contributed by atoms with Gasteiger partial charge in [-0.2, -0.15) is 0 Å². The Kier molecular flexibility index (Phi) is 6.18. The topological polar surface area (TPSA) is 60.2 Å². The van der Waals surface area contributed by atoms with Crippen LogP contribution in [0.25, 0.3) is 11.4 Å². The number of hydrogen-bond acceptors (Lipinski definition) is 5. The number of benzene rings is 1. The summed E-state index contributed by atoms with van der Waals surface area (Å²) < 4.78 is 2.10. The summed E-state index contributed by atoms with van der Waals surface area (Å²) in [6, 6.07) is 10.2. The molecule has 124 valence electrons. The summed E-state index contributed by atoms with van der Waals surface area (Å²) in [7, 11) is 3.06. The number of aromatic nitrogens is 3. The third kappa shape index (κ3) is 4.11. The Balaban J connectivity index is 2.27. The lowest BCUT2D eigenvalue weighted by molar-refractivity contribution is -0.165. The fourth-order valence-electron chi connectivity index (χ4n) is 2.06. The third-order valence-electron chi connectivity index (χ3n) is 3.68. The first-order valence-electron chi connectivity index (χ1n) is 7.52. The van der Waals surface area contributed by atoms with Crippen LogP contribution >= 0.6 is 11.8 Å². The van der Waals surface area contributed by atoms with Gasteiger partial charge < -0.3 is 0 Å². The minimum absolute atomic E-state index is 0.113. The van der Waals surface area contributed by atoms with Gasteiger partial charge in [-0.1, -0.05) is 49.0 Å². The molecule has 0 radical (unpaired) electrons. The predicted molar refractivity (Wildman–Crippen MR) is 91.0 cm³/mol. The minimum Gasteiger partial charge on any atom is -0.299 e. The fourth-order valence-corrected chi connectivity index (χ4v) is 3.00. The molecule has 1 atom stereocenters. The van der Waals surface area contributed by atoms with E-state index in [0.717, 1.165) is 23.0 Å². The quantitative estimate of drug-likeness (QED) is 0.575. The molecule has 0 N–H and O–H groups in total. The van der Waals surface area contributed by atoms with Crippen molar-refractivity contribution in [2.45, 2.75) is 31.5 Å². The van der Waals surface area contributed by atoms with Crippen molar-refractivity contribution in [2.75, 3.05) is 19.9 Å². The summed E-state index contributed by atoms with van der Waals surface area (Å²) >= 11 is 1.38. The molecule has 2 rings (SSSR count). The molecule has 0 unspecified atom stereocenters. The molecule has 0 fully saturated rings. The van der Waals surface area contributed by atoms with Crippen molar-refractivity contribution in [3.63, 3.8) is 0 Å². The first-order valence-corrected chi connectivity index (χ1v) is 8.50. The molecule has 0 spiro atoms. The maximum atomic E-state index is 11.9. The molecule has 2 aromatic rings. The smallest absolute Gasteiger partial charge is 0.256 e. The summed E-state index contributed by atoms with van der Waals surface area (Å²) in [4.78, 5) is 16.8. The third-order valence-corrected chi connectivity index (χ3v) is 4.61. The number of hydroxylamine groups is 2. The predicted octanol–water partition coefficient (Wildman–Crippen LogP) is 3.03. The van der Waals surface area contributed by atoms with Crippen LogP contribution in [-0.4, -0.2) is 45.6 Å². The summed E-state index contributed by atoms with van der Waals surface area (Å²) in [5.41, 5.74) is 1.02. The Morgan fingerprint density at radius 2 is 2.04 bits per heavy atom. The molecule has 0 saturated carbocycles. The SMILES string of the molecule is CC[C@@H](C)n1c(SCC(=O)N(C)OC)nnc1-c1ccccc1. The van der Waals surface area contributed by atoms with E-state index in [0.29, 0.717) is 0 Å². The second-order valence-corrected chi connectivity index (χ2v) is 6.10. The van der Waals surface area contributed by atoms with Crippen LogP contribution in [0.15, 0.2) is 35.5 Å². The number of nitrogens with zero attached hydrogens (tertiary/aromatic N) is 4. The van der Waals surface area contributed by atoms with Crippen LogP contribution in [0.5, 0.6) is 0 Å². The lowest BCUT2D eigenvalue weighted by Gasteiger charge is -2.17. The minimum atomic E-state index is -0.113. The summed E-state index contributed by atoms with van der Waals surface area (Å²) in [6.07, 6.45) is 0.956. The van der Waals surface area contributed by atoms with E-state index in [9.17, 15) is 4.79 Å². The fraction of sp³-hybridized carbons (Fsp3) is 0.438. The van der Waals surface area contributed by atoms with Crippen molar-refractivity contribution >= 4 is 17.7 Å². The maximum Gasteiger partial charge on any atom is 0.256 e. The van der Waals surface area contributed by atoms with Crippen LogP contribution in [0, 0.1) is 0 Å². The van der Waals surface area contributed by atoms with E-state index in [1.54, 1.807) is 7.05 Å². The van der Waals surface area contributed by atoms with Crippen LogP contribution in [-0.2, 0) is 9.63 Å². The molecule has 7 heteroatoms. The zero-order chi connectivity index (χ0) is 16.8. The van der Waals surface area contributed by atoms with Gasteiger partial charge in [0.2, 0.25) is 0 Å². The average molecular weight is 334 g/mol. The van der Waals surface area contributed by atoms with Gasteiger partial charge >= 0.3 is 0 Å². The van der Waals surface area contributed by atoms with Crippen molar-refractivity contribution in [1.29, 1.82) is 0 Å². The van der Waals surface area contributed by atoms with E-state index < -0.39 is 0 Å². The van der Waals surface area contributed by atoms with Crippen molar-refractivity contribution in [2.24, 2.45) is 0 Å². The standard InChI is InChI=1S/C16H22N4O2S/c1-5-12(2)20-15(13-9-7-6-8-10-13)17-18-16(20)23-11-14(21)19(3)22-4/h6-10,12H,5,11H2,1-4H3/t12-/m1/s1. The van der Waals surface area contributed by atoms with Gasteiger partial charge in [0.05, 0.1) is 12.9 Å². The highest BCUT2D eigenvalue weighted by Gasteiger charge is 2.19. The maximum absolute atomic E-state index is 11.9. The van der Waals surface area contributed by atoms with Gasteiger partial charge in [-0.15, -0.1) is 10.2 Å². The molecule has 1 aromatic heterocycles. The zero-order valence-electron chi connectivity index (χ0n) is 13.9. The summed E-state index contributed by atoms with van der Waals surface area (Å²) in [5.74, 6) is 0.973. The zero-order valence-corrected chi connectivity index (χ0v) is 14.7. The van der Waals surface area contributed by atoms with Gasteiger partial charge in [0.15, 0.2) is 11.0 Å². The molecule has 1 amide bonds. The molecule has 0 aliphatic heterocycles. The largest absolute Gasteiger partial charge is 0.299 e. The van der Waals surface area contributed by atoms with Crippen molar-refractivity contribution in [1.82, 2.24) is 19.8 Å². The second kappa shape index (κ2) is 8.12. The van der Waals surface area contributed by atoms with Gasteiger partial charge in [-0.05, 0) is 13.3 Å². The van der Waals surface area contributed by atoms with Crippen molar-refractivity contribution in [3.8, 4) is 11.4 Å². The normalized spacial score (nSPS) is 12.2. The molecule has 6 nitrogen and oxygen atoms in total. The van der Waals surface area contributed by atoms with Gasteiger partial charge in [-0.3, -0.25) is 14.2 Å². The molecular weight excluding hydrogens is 312 g/mol. The number of carbonyl (C=O) groups excluding carboxylic acids is 1. The highest BCUT2D eigenvalue weighted by atomic mass is 32.2. The van der Waals surface area contributed by atoms with Crippen LogP contribution in [0.4, 0.5) is 0 Å². The Morgan fingerprint density at radius 1 is 1.35 bits per heavy atom. The molecule has 0 bridgehead atoms. The Labute approximate surface area is 140 Å². The highest BCUT2D eigenvalue weighted by molar-refractivity contribution is 7.99. The number of carbonyl (C=O) groups is 1. The molecular formula is C16H22N4O2S. The second-order valence-electron chi connectivity index (χ2n) is 5.16. The van der Waals surface area contributed by atoms with E-state index in [1.807, 2.05) is 30.3 Å². The lowest BCUT2D eigenvalue weighted by atomic mass is 10.2. The van der Waals surface area contributed by atoms with E-state index in [-0.39, 0.29) is 17.7 Å². The number of rotatable bonds is 7. The molecule has 0 saturated heterocycles. The lowest BCUT2D eigenvalue weighted by Crippen LogP contribution is -2.27. The Hall–Kier alpha value is -1.86. The van der Waals surface area contributed by atoms with E-state index in [4.69, 9.17) is 4.84 Å². The van der Waals surface area contributed by atoms with E-state index in [1.165, 1.54) is 23.9 Å². The number of amides is 1. The first-order chi connectivity index (χ1) is 11.1. The van der Waals surface area contributed by atoms with Crippen molar-refractivity contribution < 1.29 is 9.63 Å². The molecule has 0 aliphatic rings. The van der Waals surface area contributed by atoms with Crippen molar-refractivity contribution in [3.05, 3.63) is 30.3 Å². The summed E-state index contributed by atoms with van der Waals surface area (Å²) in [5, 5.41) is 10.6. The molecule has 0 aliphatic carbocycles. The van der Waals surface area contributed by atoms with Crippen LogP contribution in [0.1, 0.15) is 26.3 Å². The van der Waals surface area contributed by atoms with E-state index in [2.05, 4.69) is 28.6 Å². The van der Waals surface area contributed by atoms with Crippen LogP contribution < -0.4 is 0 Å². The van der Waals surface area contributed by atoms with Gasteiger partial charge in [0.1, 0.15) is 0 Å². The number of thioether (sulfide) groups is 1. The van der Waals surface area contributed by atoms with Crippen LogP contribution in [0.3, 0.4) is 0 Å². The monoisotopic (exact) mass is 334 g/mol.